The lowest BCUT2D eigenvalue weighted by molar-refractivity contribution is -0.162. The van der Waals surface area contributed by atoms with Gasteiger partial charge in [-0.05, 0) is 67.2 Å². The maximum absolute atomic E-state index is 13.9. The lowest BCUT2D eigenvalue weighted by Gasteiger charge is -2.28. The number of rotatable bonds is 6. The largest absolute Gasteiger partial charge is 0.493 e. The third-order valence-corrected chi connectivity index (χ3v) is 6.27. The van der Waals surface area contributed by atoms with E-state index in [1.54, 1.807) is 12.1 Å². The zero-order valence-electron chi connectivity index (χ0n) is 18.2. The molecule has 0 spiro atoms. The first kappa shape index (κ1) is 24.5. The zero-order chi connectivity index (χ0) is 23.5. The topological polar surface area (TPSA) is 9.23 Å². The van der Waals surface area contributed by atoms with Crippen LogP contribution in [0.3, 0.4) is 0 Å². The Kier molecular flexibility index (Phi) is 7.46. The molecule has 3 rings (SSSR count). The molecule has 1 saturated carbocycles. The standard InChI is InChI=1S/C25H28F6O/c1-3-5-16-6-8-17(9-7-16)18-10-12-19(13-11-18)20-14-15-21(32-4-2)23(25(29,30)31)22(20)24(26,27)28/h10-17H,3-9H2,1-2H3. The highest BCUT2D eigenvalue weighted by Gasteiger charge is 2.47. The van der Waals surface area contributed by atoms with E-state index in [2.05, 4.69) is 6.92 Å². The molecule has 0 aliphatic heterocycles. The minimum atomic E-state index is -5.21. The molecule has 7 heteroatoms. The molecule has 0 aromatic heterocycles. The van der Waals surface area contributed by atoms with Crippen molar-refractivity contribution in [3.05, 3.63) is 53.1 Å². The van der Waals surface area contributed by atoms with Crippen LogP contribution in [0.15, 0.2) is 36.4 Å². The van der Waals surface area contributed by atoms with E-state index in [9.17, 15) is 26.3 Å². The molecule has 0 N–H and O–H groups in total. The van der Waals surface area contributed by atoms with Gasteiger partial charge in [-0.3, -0.25) is 0 Å². The van der Waals surface area contributed by atoms with Crippen molar-refractivity contribution in [2.75, 3.05) is 6.61 Å². The fraction of sp³-hybridized carbons (Fsp3) is 0.520. The van der Waals surface area contributed by atoms with Crippen LogP contribution in [0.4, 0.5) is 26.3 Å². The van der Waals surface area contributed by atoms with Gasteiger partial charge < -0.3 is 4.74 Å². The van der Waals surface area contributed by atoms with Gasteiger partial charge in [-0.25, -0.2) is 0 Å². The van der Waals surface area contributed by atoms with Gasteiger partial charge in [0.1, 0.15) is 11.3 Å². The number of hydrogen-bond donors (Lipinski definition) is 0. The Bertz CT molecular complexity index is 890. The van der Waals surface area contributed by atoms with Gasteiger partial charge in [0.25, 0.3) is 0 Å². The van der Waals surface area contributed by atoms with Crippen molar-refractivity contribution in [3.8, 4) is 16.9 Å². The van der Waals surface area contributed by atoms with Crippen molar-refractivity contribution in [3.63, 3.8) is 0 Å². The molecule has 0 radical (unpaired) electrons. The molecule has 2 aromatic rings. The molecule has 0 amide bonds. The van der Waals surface area contributed by atoms with Crippen molar-refractivity contribution in [1.82, 2.24) is 0 Å². The van der Waals surface area contributed by atoms with Crippen LogP contribution in [-0.2, 0) is 12.4 Å². The van der Waals surface area contributed by atoms with Crippen molar-refractivity contribution in [1.29, 1.82) is 0 Å². The first-order valence-corrected chi connectivity index (χ1v) is 11.1. The summed E-state index contributed by atoms with van der Waals surface area (Å²) < 4.78 is 87.5. The van der Waals surface area contributed by atoms with Crippen LogP contribution in [0.1, 0.15) is 75.0 Å². The number of halogens is 6. The van der Waals surface area contributed by atoms with Gasteiger partial charge in [-0.1, -0.05) is 50.1 Å². The van der Waals surface area contributed by atoms with E-state index < -0.39 is 34.8 Å². The van der Waals surface area contributed by atoms with Crippen LogP contribution in [-0.4, -0.2) is 6.61 Å². The van der Waals surface area contributed by atoms with Gasteiger partial charge in [0.2, 0.25) is 0 Å². The van der Waals surface area contributed by atoms with E-state index in [0.29, 0.717) is 5.92 Å². The summed E-state index contributed by atoms with van der Waals surface area (Å²) in [6, 6.07) is 8.54. The van der Waals surface area contributed by atoms with Gasteiger partial charge in [-0.2, -0.15) is 26.3 Å². The zero-order valence-corrected chi connectivity index (χ0v) is 18.2. The van der Waals surface area contributed by atoms with Crippen LogP contribution in [0, 0.1) is 5.92 Å². The first-order chi connectivity index (χ1) is 15.1. The van der Waals surface area contributed by atoms with E-state index in [4.69, 9.17) is 4.74 Å². The number of ether oxygens (including phenoxy) is 1. The Hall–Kier alpha value is -2.18. The third kappa shape index (κ3) is 5.41. The summed E-state index contributed by atoms with van der Waals surface area (Å²) in [4.78, 5) is 0. The molecule has 1 nitrogen and oxygen atoms in total. The molecular weight excluding hydrogens is 430 g/mol. The summed E-state index contributed by atoms with van der Waals surface area (Å²) in [7, 11) is 0. The highest BCUT2D eigenvalue weighted by atomic mass is 19.4. The summed E-state index contributed by atoms with van der Waals surface area (Å²) in [5.41, 5.74) is -2.84. The summed E-state index contributed by atoms with van der Waals surface area (Å²) in [5.74, 6) is 0.261. The number of benzene rings is 2. The highest BCUT2D eigenvalue weighted by Crippen LogP contribution is 2.49. The monoisotopic (exact) mass is 458 g/mol. The first-order valence-electron chi connectivity index (χ1n) is 11.1. The molecule has 0 unspecified atom stereocenters. The van der Waals surface area contributed by atoms with E-state index in [1.165, 1.54) is 25.5 Å². The van der Waals surface area contributed by atoms with Crippen LogP contribution in [0.5, 0.6) is 5.75 Å². The van der Waals surface area contributed by atoms with Crippen molar-refractivity contribution < 1.29 is 31.1 Å². The fourth-order valence-electron chi connectivity index (χ4n) is 4.80. The van der Waals surface area contributed by atoms with E-state index in [0.717, 1.165) is 55.7 Å². The lowest BCUT2D eigenvalue weighted by Crippen LogP contribution is -2.19. The predicted octanol–water partition coefficient (Wildman–Crippen LogP) is 8.86. The Balaban J connectivity index is 1.97. The average molecular weight is 458 g/mol. The Morgan fingerprint density at radius 2 is 1.38 bits per heavy atom. The minimum absolute atomic E-state index is 0.106. The Morgan fingerprint density at radius 1 is 0.781 bits per heavy atom. The van der Waals surface area contributed by atoms with Gasteiger partial charge in [0.05, 0.1) is 12.2 Å². The molecule has 176 valence electrons. The van der Waals surface area contributed by atoms with Crippen LogP contribution >= 0.6 is 0 Å². The minimum Gasteiger partial charge on any atom is -0.493 e. The van der Waals surface area contributed by atoms with Gasteiger partial charge in [0, 0.05) is 0 Å². The Morgan fingerprint density at radius 3 is 1.88 bits per heavy atom. The summed E-state index contributed by atoms with van der Waals surface area (Å²) in [6.45, 7) is 3.43. The van der Waals surface area contributed by atoms with Crippen molar-refractivity contribution in [2.45, 2.75) is 70.6 Å². The maximum Gasteiger partial charge on any atom is 0.420 e. The van der Waals surface area contributed by atoms with Gasteiger partial charge >= 0.3 is 12.4 Å². The molecule has 0 bridgehead atoms. The Labute approximate surface area is 184 Å². The molecule has 0 atom stereocenters. The third-order valence-electron chi connectivity index (χ3n) is 6.27. The lowest BCUT2D eigenvalue weighted by atomic mass is 9.77. The van der Waals surface area contributed by atoms with E-state index in [1.807, 2.05) is 0 Å². The highest BCUT2D eigenvalue weighted by molar-refractivity contribution is 5.72. The second-order valence-electron chi connectivity index (χ2n) is 8.42. The van der Waals surface area contributed by atoms with Crippen LogP contribution < -0.4 is 4.74 Å². The van der Waals surface area contributed by atoms with Crippen molar-refractivity contribution in [2.24, 2.45) is 5.92 Å². The summed E-state index contributed by atoms with van der Waals surface area (Å²) in [6.07, 6.45) is -3.71. The molecule has 1 fully saturated rings. The predicted molar refractivity (Wildman–Crippen MR) is 113 cm³/mol. The second-order valence-corrected chi connectivity index (χ2v) is 8.42. The quantitative estimate of drug-likeness (QED) is 0.393. The van der Waals surface area contributed by atoms with Crippen LogP contribution in [0.25, 0.3) is 11.1 Å². The summed E-state index contributed by atoms with van der Waals surface area (Å²) in [5, 5.41) is 0. The van der Waals surface area contributed by atoms with Crippen LogP contribution in [0.2, 0.25) is 0 Å². The number of hydrogen-bond acceptors (Lipinski definition) is 1. The van der Waals surface area contributed by atoms with E-state index >= 15 is 0 Å². The van der Waals surface area contributed by atoms with Crippen molar-refractivity contribution >= 4 is 0 Å². The van der Waals surface area contributed by atoms with Gasteiger partial charge in [0.15, 0.2) is 0 Å². The molecule has 32 heavy (non-hydrogen) atoms. The maximum atomic E-state index is 13.9. The number of alkyl halides is 6. The molecule has 0 saturated heterocycles. The average Bonchev–Trinajstić information content (AvgIpc) is 2.73. The molecule has 2 aromatic carbocycles. The smallest absolute Gasteiger partial charge is 0.420 e. The second kappa shape index (κ2) is 9.75. The summed E-state index contributed by atoms with van der Waals surface area (Å²) >= 11 is 0. The molecule has 1 aliphatic rings. The normalized spacial score (nSPS) is 19.8. The molecular formula is C25H28F6O. The molecule has 0 heterocycles. The van der Waals surface area contributed by atoms with Gasteiger partial charge in [-0.15, -0.1) is 0 Å². The SMILES string of the molecule is CCCC1CCC(c2ccc(-c3ccc(OCC)c(C(F)(F)F)c3C(F)(F)F)cc2)CC1. The fourth-order valence-corrected chi connectivity index (χ4v) is 4.80. The van der Waals surface area contributed by atoms with E-state index in [-0.39, 0.29) is 12.2 Å². The molecule has 1 aliphatic carbocycles.